The van der Waals surface area contributed by atoms with Gasteiger partial charge in [0.05, 0.1) is 17.9 Å². The highest BCUT2D eigenvalue weighted by molar-refractivity contribution is 5.54. The molecule has 28 heavy (non-hydrogen) atoms. The number of ether oxygens (including phenoxy) is 1. The first-order chi connectivity index (χ1) is 13.7. The van der Waals surface area contributed by atoms with E-state index in [9.17, 15) is 9.90 Å². The highest BCUT2D eigenvalue weighted by atomic mass is 16.5. The Morgan fingerprint density at radius 3 is 2.86 bits per heavy atom. The van der Waals surface area contributed by atoms with Crippen LogP contribution in [0.3, 0.4) is 0 Å². The molecule has 0 unspecified atom stereocenters. The Morgan fingerprint density at radius 2 is 2.07 bits per heavy atom. The van der Waals surface area contributed by atoms with Gasteiger partial charge in [-0.3, -0.25) is 14.7 Å². The smallest absolute Gasteiger partial charge is 0.255 e. The van der Waals surface area contributed by atoms with Crippen molar-refractivity contribution in [2.75, 3.05) is 13.2 Å². The van der Waals surface area contributed by atoms with Gasteiger partial charge in [-0.15, -0.1) is 0 Å². The third-order valence-corrected chi connectivity index (χ3v) is 4.88. The number of phenols is 1. The normalized spacial score (nSPS) is 13.9. The van der Waals surface area contributed by atoms with Crippen molar-refractivity contribution in [3.63, 3.8) is 0 Å². The summed E-state index contributed by atoms with van der Waals surface area (Å²) in [7, 11) is 0. The summed E-state index contributed by atoms with van der Waals surface area (Å²) in [5, 5.41) is 10.4. The van der Waals surface area contributed by atoms with E-state index in [0.717, 1.165) is 23.4 Å². The Kier molecular flexibility index (Phi) is 5.08. The number of nitrogens with zero attached hydrogens (tertiary/aromatic N) is 3. The SMILES string of the molecule is CCOc1cccc(CN2CCc3nc(-c4ccncc4)[nH]c(=O)c3C2)c1O. The minimum absolute atomic E-state index is 0.117. The predicted octanol–water partition coefficient (Wildman–Crippen LogP) is 2.49. The number of nitrogens with one attached hydrogen (secondary N) is 1. The van der Waals surface area contributed by atoms with E-state index >= 15 is 0 Å². The maximum atomic E-state index is 12.7. The van der Waals surface area contributed by atoms with E-state index in [-0.39, 0.29) is 11.3 Å². The lowest BCUT2D eigenvalue weighted by atomic mass is 10.0. The standard InChI is InChI=1S/C21H22N4O3/c1-2-28-18-5-3-4-15(19(18)26)12-25-11-8-17-16(13-25)21(27)24-20(23-17)14-6-9-22-10-7-14/h3-7,9-10,26H,2,8,11-13H2,1H3,(H,23,24,27). The molecular formula is C21H22N4O3. The van der Waals surface area contributed by atoms with Crippen molar-refractivity contribution in [1.82, 2.24) is 19.9 Å². The predicted molar refractivity (Wildman–Crippen MR) is 105 cm³/mol. The number of aromatic hydroxyl groups is 1. The van der Waals surface area contributed by atoms with Crippen molar-refractivity contribution in [2.45, 2.75) is 26.4 Å². The van der Waals surface area contributed by atoms with Gasteiger partial charge in [-0.1, -0.05) is 12.1 Å². The van der Waals surface area contributed by atoms with Crippen LogP contribution in [0.25, 0.3) is 11.4 Å². The average Bonchev–Trinajstić information content (AvgIpc) is 2.72. The summed E-state index contributed by atoms with van der Waals surface area (Å²) in [5.41, 5.74) is 3.03. The van der Waals surface area contributed by atoms with Gasteiger partial charge in [0, 0.05) is 49.6 Å². The minimum atomic E-state index is -0.117. The number of aromatic nitrogens is 3. The lowest BCUT2D eigenvalue weighted by Crippen LogP contribution is -2.35. The first-order valence-electron chi connectivity index (χ1n) is 9.34. The Balaban J connectivity index is 1.56. The van der Waals surface area contributed by atoms with Gasteiger partial charge < -0.3 is 14.8 Å². The van der Waals surface area contributed by atoms with E-state index in [1.165, 1.54) is 0 Å². The maximum Gasteiger partial charge on any atom is 0.255 e. The van der Waals surface area contributed by atoms with Crippen LogP contribution in [-0.4, -0.2) is 38.1 Å². The highest BCUT2D eigenvalue weighted by Gasteiger charge is 2.22. The van der Waals surface area contributed by atoms with Crippen LogP contribution in [0.15, 0.2) is 47.5 Å². The quantitative estimate of drug-likeness (QED) is 0.709. The minimum Gasteiger partial charge on any atom is -0.504 e. The largest absolute Gasteiger partial charge is 0.504 e. The van der Waals surface area contributed by atoms with Crippen LogP contribution in [0.1, 0.15) is 23.7 Å². The zero-order valence-corrected chi connectivity index (χ0v) is 15.7. The molecule has 144 valence electrons. The van der Waals surface area contributed by atoms with Crippen molar-refractivity contribution >= 4 is 0 Å². The van der Waals surface area contributed by atoms with Crippen LogP contribution in [0.4, 0.5) is 0 Å². The number of rotatable bonds is 5. The van der Waals surface area contributed by atoms with Gasteiger partial charge in [0.15, 0.2) is 11.5 Å². The molecule has 3 heterocycles. The van der Waals surface area contributed by atoms with Crippen LogP contribution >= 0.6 is 0 Å². The average molecular weight is 378 g/mol. The molecule has 0 atom stereocenters. The molecule has 7 nitrogen and oxygen atoms in total. The molecule has 0 fully saturated rings. The summed E-state index contributed by atoms with van der Waals surface area (Å²) in [5.74, 6) is 1.22. The molecule has 0 saturated carbocycles. The Hall–Kier alpha value is -3.19. The summed E-state index contributed by atoms with van der Waals surface area (Å²) >= 11 is 0. The summed E-state index contributed by atoms with van der Waals surface area (Å²) in [6.07, 6.45) is 4.04. The first-order valence-corrected chi connectivity index (χ1v) is 9.34. The third kappa shape index (κ3) is 3.61. The van der Waals surface area contributed by atoms with Crippen molar-refractivity contribution in [1.29, 1.82) is 0 Å². The number of fused-ring (bicyclic) bond motifs is 1. The Morgan fingerprint density at radius 1 is 1.25 bits per heavy atom. The molecule has 0 radical (unpaired) electrons. The molecule has 0 bridgehead atoms. The second-order valence-corrected chi connectivity index (χ2v) is 6.73. The molecule has 1 aliphatic rings. The lowest BCUT2D eigenvalue weighted by Gasteiger charge is -2.28. The van der Waals surface area contributed by atoms with E-state index in [1.807, 2.05) is 31.2 Å². The van der Waals surface area contributed by atoms with Gasteiger partial charge >= 0.3 is 0 Å². The molecule has 0 spiro atoms. The molecule has 2 N–H and O–H groups in total. The van der Waals surface area contributed by atoms with Gasteiger partial charge in [0.2, 0.25) is 0 Å². The number of phenolic OH excluding ortho intramolecular Hbond substituents is 1. The Labute approximate surface area is 162 Å². The van der Waals surface area contributed by atoms with Crippen molar-refractivity contribution in [3.8, 4) is 22.9 Å². The van der Waals surface area contributed by atoms with Gasteiger partial charge in [0.25, 0.3) is 5.56 Å². The molecule has 7 heteroatoms. The van der Waals surface area contributed by atoms with Crippen molar-refractivity contribution < 1.29 is 9.84 Å². The maximum absolute atomic E-state index is 12.7. The number of hydrogen-bond acceptors (Lipinski definition) is 6. The van der Waals surface area contributed by atoms with Gasteiger partial charge in [-0.25, -0.2) is 4.98 Å². The molecule has 1 aliphatic heterocycles. The summed E-state index contributed by atoms with van der Waals surface area (Å²) in [6.45, 7) is 4.17. The summed E-state index contributed by atoms with van der Waals surface area (Å²) < 4.78 is 5.46. The van der Waals surface area contributed by atoms with Crippen LogP contribution in [-0.2, 0) is 19.5 Å². The lowest BCUT2D eigenvalue weighted by molar-refractivity contribution is 0.237. The van der Waals surface area contributed by atoms with Crippen molar-refractivity contribution in [3.05, 3.63) is 69.9 Å². The van der Waals surface area contributed by atoms with E-state index in [1.54, 1.807) is 18.5 Å². The van der Waals surface area contributed by atoms with E-state index in [2.05, 4.69) is 19.9 Å². The molecule has 0 aliphatic carbocycles. The van der Waals surface area contributed by atoms with Crippen LogP contribution in [0.2, 0.25) is 0 Å². The fraction of sp³-hybridized carbons (Fsp3) is 0.286. The highest BCUT2D eigenvalue weighted by Crippen LogP contribution is 2.31. The molecule has 3 aromatic rings. The number of hydrogen-bond donors (Lipinski definition) is 2. The molecule has 1 aromatic carbocycles. The van der Waals surface area contributed by atoms with Crippen LogP contribution in [0.5, 0.6) is 11.5 Å². The molecular weight excluding hydrogens is 356 g/mol. The van der Waals surface area contributed by atoms with Gasteiger partial charge in [-0.2, -0.15) is 0 Å². The second kappa shape index (κ2) is 7.82. The number of para-hydroxylation sites is 1. The monoisotopic (exact) mass is 378 g/mol. The van der Waals surface area contributed by atoms with Gasteiger partial charge in [0.1, 0.15) is 5.82 Å². The summed E-state index contributed by atoms with van der Waals surface area (Å²) in [6, 6.07) is 9.15. The molecule has 0 amide bonds. The van der Waals surface area contributed by atoms with Crippen LogP contribution < -0.4 is 10.3 Å². The first kappa shape index (κ1) is 18.2. The fourth-order valence-corrected chi connectivity index (χ4v) is 3.47. The fourth-order valence-electron chi connectivity index (χ4n) is 3.47. The van der Waals surface area contributed by atoms with Crippen molar-refractivity contribution in [2.24, 2.45) is 0 Å². The number of benzene rings is 1. The molecule has 2 aromatic heterocycles. The molecule has 4 rings (SSSR count). The van der Waals surface area contributed by atoms with E-state index in [4.69, 9.17) is 4.74 Å². The molecule has 0 saturated heterocycles. The van der Waals surface area contributed by atoms with Gasteiger partial charge in [-0.05, 0) is 25.1 Å². The summed E-state index contributed by atoms with van der Waals surface area (Å²) in [4.78, 5) is 26.3. The third-order valence-electron chi connectivity index (χ3n) is 4.88. The zero-order valence-electron chi connectivity index (χ0n) is 15.7. The second-order valence-electron chi connectivity index (χ2n) is 6.73. The van der Waals surface area contributed by atoms with E-state index in [0.29, 0.717) is 43.3 Å². The van der Waals surface area contributed by atoms with Crippen LogP contribution in [0, 0.1) is 0 Å². The zero-order chi connectivity index (χ0) is 19.5. The Bertz CT molecular complexity index is 1030. The number of pyridine rings is 1. The topological polar surface area (TPSA) is 91.3 Å². The number of aromatic amines is 1. The van der Waals surface area contributed by atoms with E-state index < -0.39 is 0 Å². The number of H-pyrrole nitrogens is 1.